The fourth-order valence-electron chi connectivity index (χ4n) is 4.50. The lowest BCUT2D eigenvalue weighted by Gasteiger charge is -2.37. The highest BCUT2D eigenvalue weighted by Crippen LogP contribution is 2.33. The molecule has 0 spiro atoms. The molecule has 0 unspecified atom stereocenters. The van der Waals surface area contributed by atoms with Gasteiger partial charge in [0.2, 0.25) is 5.91 Å². The van der Waals surface area contributed by atoms with Crippen molar-refractivity contribution < 1.29 is 18.7 Å². The van der Waals surface area contributed by atoms with Crippen molar-refractivity contribution in [2.45, 2.75) is 39.0 Å². The third-order valence-corrected chi connectivity index (χ3v) is 6.17. The number of rotatable bonds is 4. The second-order valence-electron chi connectivity index (χ2n) is 8.26. The number of nitrogens with zero attached hydrogens (tertiary/aromatic N) is 2. The first-order valence-corrected chi connectivity index (χ1v) is 10.6. The first kappa shape index (κ1) is 20.7. The minimum atomic E-state index is -0.157. The van der Waals surface area contributed by atoms with Crippen molar-refractivity contribution in [2.75, 3.05) is 26.7 Å². The zero-order valence-electron chi connectivity index (χ0n) is 17.6. The second-order valence-corrected chi connectivity index (χ2v) is 8.26. The minimum absolute atomic E-state index is 0.0401. The summed E-state index contributed by atoms with van der Waals surface area (Å²) in [6, 6.07) is 12.7. The number of carbonyl (C=O) groups excluding carboxylic acids is 1. The largest absolute Gasteiger partial charge is 0.497 e. The Morgan fingerprint density at radius 3 is 2.83 bits per heavy atom. The molecule has 2 aliphatic rings. The molecule has 0 aliphatic carbocycles. The van der Waals surface area contributed by atoms with Crippen molar-refractivity contribution in [3.05, 3.63) is 59.4 Å². The maximum absolute atomic E-state index is 14.1. The average molecular weight is 413 g/mol. The molecule has 2 atom stereocenters. The van der Waals surface area contributed by atoms with Crippen LogP contribution in [0.2, 0.25) is 0 Å². The molecule has 4 rings (SSSR count). The number of fused-ring (bicyclic) bond motifs is 1. The van der Waals surface area contributed by atoms with E-state index in [4.69, 9.17) is 9.47 Å². The van der Waals surface area contributed by atoms with Crippen LogP contribution in [0, 0.1) is 11.7 Å². The topological polar surface area (TPSA) is 42.0 Å². The number of piperidine rings is 1. The zero-order valence-corrected chi connectivity index (χ0v) is 17.6. The molecule has 0 saturated carbocycles. The Kier molecular flexibility index (Phi) is 6.23. The van der Waals surface area contributed by atoms with E-state index in [0.29, 0.717) is 19.6 Å². The molecule has 5 nitrogen and oxygen atoms in total. The summed E-state index contributed by atoms with van der Waals surface area (Å²) < 4.78 is 25.9. The molecule has 160 valence electrons. The predicted octanol–water partition coefficient (Wildman–Crippen LogP) is 3.86. The van der Waals surface area contributed by atoms with Crippen molar-refractivity contribution in [1.82, 2.24) is 9.80 Å². The summed E-state index contributed by atoms with van der Waals surface area (Å²) in [5.41, 5.74) is 1.69. The van der Waals surface area contributed by atoms with Gasteiger partial charge in [0.15, 0.2) is 0 Å². The maximum Gasteiger partial charge on any atom is 0.219 e. The van der Waals surface area contributed by atoms with Crippen LogP contribution < -0.4 is 9.47 Å². The molecule has 1 amide bonds. The van der Waals surface area contributed by atoms with Gasteiger partial charge >= 0.3 is 0 Å². The van der Waals surface area contributed by atoms with Crippen LogP contribution in [-0.4, -0.2) is 48.6 Å². The molecule has 6 heteroatoms. The lowest BCUT2D eigenvalue weighted by atomic mass is 9.91. The minimum Gasteiger partial charge on any atom is -0.497 e. The molecular weight excluding hydrogens is 383 g/mol. The molecule has 1 fully saturated rings. The van der Waals surface area contributed by atoms with Crippen molar-refractivity contribution in [2.24, 2.45) is 5.92 Å². The van der Waals surface area contributed by atoms with Gasteiger partial charge in [-0.3, -0.25) is 9.69 Å². The number of halogens is 1. The molecule has 0 bridgehead atoms. The van der Waals surface area contributed by atoms with Crippen LogP contribution in [0.4, 0.5) is 4.39 Å². The smallest absolute Gasteiger partial charge is 0.219 e. The van der Waals surface area contributed by atoms with E-state index in [-0.39, 0.29) is 23.7 Å². The molecule has 30 heavy (non-hydrogen) atoms. The highest BCUT2D eigenvalue weighted by atomic mass is 19.1. The summed E-state index contributed by atoms with van der Waals surface area (Å²) in [6.07, 6.45) is 1.98. The number of amides is 1. The Balaban J connectivity index is 1.52. The van der Waals surface area contributed by atoms with E-state index in [1.54, 1.807) is 20.1 Å². The van der Waals surface area contributed by atoms with Gasteiger partial charge in [0.25, 0.3) is 0 Å². The fraction of sp³-hybridized carbons (Fsp3) is 0.458. The number of methoxy groups -OCH3 is 1. The Labute approximate surface area is 177 Å². The SMILES string of the molecule is COc1ccc2c(c1)CN(C(C)=O)C[C@@H]([C@H]1CCCN(Cc3ccccc3F)C1)O2. The van der Waals surface area contributed by atoms with Crippen molar-refractivity contribution >= 4 is 5.91 Å². The second kappa shape index (κ2) is 9.04. The van der Waals surface area contributed by atoms with Crippen LogP contribution in [0.3, 0.4) is 0 Å². The molecule has 2 aliphatic heterocycles. The molecular formula is C24H29FN2O3. The zero-order chi connectivity index (χ0) is 21.1. The van der Waals surface area contributed by atoms with E-state index in [0.717, 1.165) is 48.6 Å². The first-order chi connectivity index (χ1) is 14.5. The molecule has 0 N–H and O–H groups in total. The number of hydrogen-bond donors (Lipinski definition) is 0. The molecule has 0 aromatic heterocycles. The molecule has 2 heterocycles. The lowest BCUT2D eigenvalue weighted by molar-refractivity contribution is -0.130. The fourth-order valence-corrected chi connectivity index (χ4v) is 4.50. The number of hydrogen-bond acceptors (Lipinski definition) is 4. The Hall–Kier alpha value is -2.60. The first-order valence-electron chi connectivity index (χ1n) is 10.6. The summed E-state index contributed by atoms with van der Waals surface area (Å²) >= 11 is 0. The van der Waals surface area contributed by atoms with Crippen LogP contribution in [-0.2, 0) is 17.9 Å². The monoisotopic (exact) mass is 412 g/mol. The van der Waals surface area contributed by atoms with Crippen LogP contribution >= 0.6 is 0 Å². The van der Waals surface area contributed by atoms with Gasteiger partial charge in [-0.2, -0.15) is 0 Å². The summed E-state index contributed by atoms with van der Waals surface area (Å²) in [5.74, 6) is 1.73. The average Bonchev–Trinajstić information content (AvgIpc) is 2.95. The standard InChI is InChI=1S/C24H29FN2O3/c1-17(28)27-15-20-12-21(29-2)9-10-23(20)30-24(16-27)19-7-5-11-26(14-19)13-18-6-3-4-8-22(18)25/h3-4,6,8-10,12,19,24H,5,7,11,13-16H2,1-2H3/t19-,24-/m0/s1. The van der Waals surface area contributed by atoms with Crippen molar-refractivity contribution in [3.8, 4) is 11.5 Å². The van der Waals surface area contributed by atoms with E-state index in [2.05, 4.69) is 4.90 Å². The third-order valence-electron chi connectivity index (χ3n) is 6.17. The Morgan fingerprint density at radius 1 is 1.23 bits per heavy atom. The summed E-state index contributed by atoms with van der Waals surface area (Å²) in [5, 5.41) is 0. The van der Waals surface area contributed by atoms with Crippen LogP contribution in [0.1, 0.15) is 30.9 Å². The normalized spacial score (nSPS) is 22.0. The molecule has 2 aromatic rings. The van der Waals surface area contributed by atoms with E-state index in [9.17, 15) is 9.18 Å². The van der Waals surface area contributed by atoms with Gasteiger partial charge in [0.1, 0.15) is 23.4 Å². The van der Waals surface area contributed by atoms with Gasteiger partial charge < -0.3 is 14.4 Å². The number of benzene rings is 2. The third kappa shape index (κ3) is 4.59. The lowest BCUT2D eigenvalue weighted by Crippen LogP contribution is -2.46. The highest BCUT2D eigenvalue weighted by Gasteiger charge is 2.33. The molecule has 0 radical (unpaired) electrons. The van der Waals surface area contributed by atoms with Crippen molar-refractivity contribution in [3.63, 3.8) is 0 Å². The van der Waals surface area contributed by atoms with Gasteiger partial charge in [0, 0.05) is 43.6 Å². The van der Waals surface area contributed by atoms with E-state index in [1.807, 2.05) is 35.2 Å². The van der Waals surface area contributed by atoms with Crippen LogP contribution in [0.5, 0.6) is 11.5 Å². The predicted molar refractivity (Wildman–Crippen MR) is 113 cm³/mol. The summed E-state index contributed by atoms with van der Waals surface area (Å²) in [4.78, 5) is 16.4. The maximum atomic E-state index is 14.1. The van der Waals surface area contributed by atoms with Gasteiger partial charge in [-0.25, -0.2) is 4.39 Å². The number of carbonyl (C=O) groups is 1. The molecule has 1 saturated heterocycles. The number of likely N-dealkylation sites (tertiary alicyclic amines) is 1. The van der Waals surface area contributed by atoms with E-state index in [1.165, 1.54) is 6.07 Å². The van der Waals surface area contributed by atoms with Gasteiger partial charge in [0.05, 0.1) is 13.7 Å². The Bertz CT molecular complexity index is 904. The van der Waals surface area contributed by atoms with E-state index >= 15 is 0 Å². The Morgan fingerprint density at radius 2 is 2.07 bits per heavy atom. The quantitative estimate of drug-likeness (QED) is 0.765. The van der Waals surface area contributed by atoms with Gasteiger partial charge in [-0.05, 0) is 43.7 Å². The summed E-state index contributed by atoms with van der Waals surface area (Å²) in [6.45, 7) is 5.06. The van der Waals surface area contributed by atoms with Gasteiger partial charge in [-0.15, -0.1) is 0 Å². The van der Waals surface area contributed by atoms with Gasteiger partial charge in [-0.1, -0.05) is 18.2 Å². The van der Waals surface area contributed by atoms with Crippen molar-refractivity contribution in [1.29, 1.82) is 0 Å². The number of ether oxygens (including phenoxy) is 2. The molecule has 2 aromatic carbocycles. The van der Waals surface area contributed by atoms with Crippen LogP contribution in [0.25, 0.3) is 0 Å². The van der Waals surface area contributed by atoms with Crippen LogP contribution in [0.15, 0.2) is 42.5 Å². The summed E-state index contributed by atoms with van der Waals surface area (Å²) in [7, 11) is 1.64. The van der Waals surface area contributed by atoms with E-state index < -0.39 is 0 Å². The highest BCUT2D eigenvalue weighted by molar-refractivity contribution is 5.73.